The molecule has 2 unspecified atom stereocenters. The molecule has 0 heterocycles. The highest BCUT2D eigenvalue weighted by Crippen LogP contribution is 2.38. The van der Waals surface area contributed by atoms with Gasteiger partial charge in [0.15, 0.2) is 0 Å². The molecule has 1 N–H and O–H groups in total. The lowest BCUT2D eigenvalue weighted by molar-refractivity contribution is -0.147. The number of thiocarbonyl (C=S) groups is 1. The molecule has 1 aromatic carbocycles. The largest absolute Gasteiger partial charge is 0.481 e. The van der Waals surface area contributed by atoms with E-state index in [0.717, 1.165) is 21.3 Å². The van der Waals surface area contributed by atoms with Gasteiger partial charge in [0.1, 0.15) is 8.78 Å². The summed E-state index contributed by atoms with van der Waals surface area (Å²) in [5.41, 5.74) is 0.127. The van der Waals surface area contributed by atoms with E-state index in [9.17, 15) is 14.7 Å². The maximum absolute atomic E-state index is 12.6. The number of hydrogen-bond donors (Lipinski definition) is 1. The van der Waals surface area contributed by atoms with Crippen molar-refractivity contribution in [1.29, 1.82) is 0 Å². The van der Waals surface area contributed by atoms with Gasteiger partial charge in [-0.25, -0.2) is 0 Å². The molecule has 0 radical (unpaired) electrons. The first-order valence-electron chi connectivity index (χ1n) is 13.4. The number of carbonyl (C=O) groups is 2. The van der Waals surface area contributed by atoms with Crippen LogP contribution in [0.3, 0.4) is 0 Å². The summed E-state index contributed by atoms with van der Waals surface area (Å²) in [7, 11) is 1.40. The number of carboxylic acid groups (broad SMARTS) is 1. The molecule has 0 aliphatic heterocycles. The third-order valence-electron chi connectivity index (χ3n) is 6.53. The Kier molecular flexibility index (Phi) is 17.5. The number of esters is 1. The van der Waals surface area contributed by atoms with E-state index in [4.69, 9.17) is 17.0 Å². The number of ether oxygens (including phenoxy) is 1. The molecule has 0 aliphatic rings. The van der Waals surface area contributed by atoms with Crippen molar-refractivity contribution in [3.63, 3.8) is 0 Å². The number of thioether (sulfide) groups is 2. The molecule has 0 bridgehead atoms. The van der Waals surface area contributed by atoms with Crippen molar-refractivity contribution in [1.82, 2.24) is 0 Å². The number of rotatable bonds is 19. The van der Waals surface area contributed by atoms with E-state index in [-0.39, 0.29) is 11.9 Å². The molecular weight excluding hydrogens is 509 g/mol. The lowest BCUT2D eigenvalue weighted by atomic mass is 9.78. The van der Waals surface area contributed by atoms with E-state index in [1.165, 1.54) is 76.7 Å². The van der Waals surface area contributed by atoms with Gasteiger partial charge in [-0.05, 0) is 50.3 Å². The minimum absolute atomic E-state index is 0.0938. The van der Waals surface area contributed by atoms with Crippen LogP contribution in [0.2, 0.25) is 0 Å². The Morgan fingerprint density at radius 2 is 1.53 bits per heavy atom. The van der Waals surface area contributed by atoms with E-state index in [1.54, 1.807) is 25.6 Å². The van der Waals surface area contributed by atoms with Crippen molar-refractivity contribution in [2.24, 2.45) is 5.41 Å². The SMILES string of the molecule is CCCCCCCCCCCCSC(=S)SC(CC(CC(C)(C)C(=O)O)c1ccccc1)C(=O)OC. The lowest BCUT2D eigenvalue weighted by Crippen LogP contribution is -2.29. The van der Waals surface area contributed by atoms with Crippen LogP contribution in [0.1, 0.15) is 109 Å². The molecule has 0 spiro atoms. The Balaban J connectivity index is 2.55. The van der Waals surface area contributed by atoms with Crippen LogP contribution in [0.25, 0.3) is 0 Å². The van der Waals surface area contributed by atoms with Crippen LogP contribution >= 0.6 is 35.7 Å². The molecule has 0 aromatic heterocycles. The standard InChI is InChI=1S/C29H46O4S3/c1-5-6-7-8-9-10-11-12-13-17-20-35-28(34)36-25(26(30)33-4)21-24(22-29(2,3)27(31)32)23-18-15-14-16-19-23/h14-16,18-19,24-25H,5-13,17,20-22H2,1-4H3,(H,31,32). The topological polar surface area (TPSA) is 63.6 Å². The fraction of sp³-hybridized carbons (Fsp3) is 0.690. The smallest absolute Gasteiger partial charge is 0.319 e. The van der Waals surface area contributed by atoms with Crippen molar-refractivity contribution >= 4 is 51.2 Å². The molecule has 2 atom stereocenters. The monoisotopic (exact) mass is 554 g/mol. The number of benzene rings is 1. The zero-order chi connectivity index (χ0) is 26.8. The Bertz CT molecular complexity index is 767. The summed E-state index contributed by atoms with van der Waals surface area (Å²) >= 11 is 8.64. The van der Waals surface area contributed by atoms with Crippen LogP contribution in [-0.4, -0.2) is 38.7 Å². The van der Waals surface area contributed by atoms with Crippen LogP contribution in [-0.2, 0) is 14.3 Å². The summed E-state index contributed by atoms with van der Waals surface area (Å²) in [6.07, 6.45) is 14.0. The van der Waals surface area contributed by atoms with Gasteiger partial charge in [-0.3, -0.25) is 9.59 Å². The highest BCUT2D eigenvalue weighted by Gasteiger charge is 2.34. The fourth-order valence-electron chi connectivity index (χ4n) is 4.24. The molecular formula is C29H46O4S3. The molecule has 1 rings (SSSR count). The van der Waals surface area contributed by atoms with Crippen LogP contribution in [0.5, 0.6) is 0 Å². The Labute approximate surface area is 233 Å². The van der Waals surface area contributed by atoms with E-state index in [2.05, 4.69) is 6.92 Å². The zero-order valence-corrected chi connectivity index (χ0v) is 25.1. The molecule has 0 fully saturated rings. The molecule has 1 aromatic rings. The number of carbonyl (C=O) groups excluding carboxylic acids is 1. The predicted molar refractivity (Wildman–Crippen MR) is 160 cm³/mol. The van der Waals surface area contributed by atoms with Gasteiger partial charge in [-0.15, -0.1) is 11.8 Å². The van der Waals surface area contributed by atoms with Crippen LogP contribution in [0.15, 0.2) is 30.3 Å². The average Bonchev–Trinajstić information content (AvgIpc) is 2.86. The van der Waals surface area contributed by atoms with Crippen LogP contribution in [0.4, 0.5) is 0 Å². The van der Waals surface area contributed by atoms with Crippen molar-refractivity contribution in [3.8, 4) is 0 Å². The average molecular weight is 555 g/mol. The van der Waals surface area contributed by atoms with E-state index in [1.807, 2.05) is 30.3 Å². The summed E-state index contributed by atoms with van der Waals surface area (Å²) in [5, 5.41) is 9.22. The Morgan fingerprint density at radius 3 is 2.06 bits per heavy atom. The second-order valence-electron chi connectivity index (χ2n) is 10.1. The number of methoxy groups -OCH3 is 1. The Hall–Kier alpha value is -1.05. The van der Waals surface area contributed by atoms with Gasteiger partial charge in [0.25, 0.3) is 0 Å². The molecule has 0 aliphatic carbocycles. The van der Waals surface area contributed by atoms with Gasteiger partial charge in [-0.2, -0.15) is 0 Å². The second-order valence-corrected chi connectivity index (χ2v) is 13.6. The lowest BCUT2D eigenvalue weighted by Gasteiger charge is -2.28. The molecule has 7 heteroatoms. The summed E-state index contributed by atoms with van der Waals surface area (Å²) in [6, 6.07) is 9.83. The summed E-state index contributed by atoms with van der Waals surface area (Å²) < 4.78 is 5.85. The van der Waals surface area contributed by atoms with Crippen molar-refractivity contribution in [2.45, 2.75) is 109 Å². The van der Waals surface area contributed by atoms with E-state index < -0.39 is 16.6 Å². The first kappa shape index (κ1) is 33.0. The van der Waals surface area contributed by atoms with Gasteiger partial charge >= 0.3 is 11.9 Å². The number of aliphatic carboxylic acids is 1. The summed E-state index contributed by atoms with van der Waals surface area (Å²) in [6.45, 7) is 5.72. The van der Waals surface area contributed by atoms with Gasteiger partial charge < -0.3 is 9.84 Å². The van der Waals surface area contributed by atoms with Crippen molar-refractivity contribution in [3.05, 3.63) is 35.9 Å². The van der Waals surface area contributed by atoms with Gasteiger partial charge in [0, 0.05) is 0 Å². The number of hydrogen-bond acceptors (Lipinski definition) is 6. The number of unbranched alkanes of at least 4 members (excludes halogenated alkanes) is 9. The third kappa shape index (κ3) is 14.0. The van der Waals surface area contributed by atoms with E-state index in [0.29, 0.717) is 12.8 Å². The maximum atomic E-state index is 12.6. The quantitative estimate of drug-likeness (QED) is 0.104. The zero-order valence-electron chi connectivity index (χ0n) is 22.6. The normalized spacial score (nSPS) is 13.2. The molecule has 0 saturated heterocycles. The fourth-order valence-corrected chi connectivity index (χ4v) is 6.98. The van der Waals surface area contributed by atoms with Crippen LogP contribution < -0.4 is 0 Å². The first-order chi connectivity index (χ1) is 17.2. The van der Waals surface area contributed by atoms with Gasteiger partial charge in [0.2, 0.25) is 0 Å². The molecule has 0 saturated carbocycles. The minimum Gasteiger partial charge on any atom is -0.481 e. The molecule has 204 valence electrons. The first-order valence-corrected chi connectivity index (χ1v) is 15.7. The predicted octanol–water partition coefficient (Wildman–Crippen LogP) is 8.88. The molecule has 36 heavy (non-hydrogen) atoms. The van der Waals surface area contributed by atoms with E-state index >= 15 is 0 Å². The highest BCUT2D eigenvalue weighted by molar-refractivity contribution is 8.47. The number of carboxylic acids is 1. The summed E-state index contributed by atoms with van der Waals surface area (Å²) in [4.78, 5) is 24.4. The Morgan fingerprint density at radius 1 is 0.972 bits per heavy atom. The summed E-state index contributed by atoms with van der Waals surface area (Å²) in [5.74, 6) is -0.280. The minimum atomic E-state index is -0.906. The van der Waals surface area contributed by atoms with Gasteiger partial charge in [-0.1, -0.05) is 119 Å². The highest BCUT2D eigenvalue weighted by atomic mass is 32.2. The maximum Gasteiger partial charge on any atom is 0.319 e. The van der Waals surface area contributed by atoms with Crippen LogP contribution in [0, 0.1) is 5.41 Å². The third-order valence-corrected chi connectivity index (χ3v) is 9.40. The second kappa shape index (κ2) is 19.1. The van der Waals surface area contributed by atoms with Crippen molar-refractivity contribution < 1.29 is 19.4 Å². The van der Waals surface area contributed by atoms with Gasteiger partial charge in [0.05, 0.1) is 12.5 Å². The molecule has 4 nitrogen and oxygen atoms in total. The van der Waals surface area contributed by atoms with Crippen molar-refractivity contribution in [2.75, 3.05) is 12.9 Å². The molecule has 0 amide bonds.